The Bertz CT molecular complexity index is 2340. The van der Waals surface area contributed by atoms with E-state index < -0.39 is 5.54 Å². The third-order valence-electron chi connectivity index (χ3n) is 11.5. The van der Waals surface area contributed by atoms with Crippen molar-refractivity contribution in [1.82, 2.24) is 9.97 Å². The molecule has 6 aliphatic rings. The molecular weight excluding hydrogens is 555 g/mol. The van der Waals surface area contributed by atoms with E-state index in [0.717, 1.165) is 22.5 Å². The lowest BCUT2D eigenvalue weighted by Gasteiger charge is -2.58. The van der Waals surface area contributed by atoms with Gasteiger partial charge in [-0.3, -0.25) is 0 Å². The molecule has 5 aromatic rings. The lowest BCUT2D eigenvalue weighted by atomic mass is 9.53. The normalized spacial score (nSPS) is 29.0. The Morgan fingerprint density at radius 1 is 0.705 bits per heavy atom. The smallest absolute Gasteiger partial charge is 0.157 e. The quantitative estimate of drug-likeness (QED) is 0.170. The molecule has 3 nitrogen and oxygen atoms in total. The van der Waals surface area contributed by atoms with Crippen LogP contribution in [0.15, 0.2) is 113 Å². The highest BCUT2D eigenvalue weighted by molar-refractivity contribution is 8.02. The van der Waals surface area contributed by atoms with Crippen molar-refractivity contribution in [2.45, 2.75) is 48.3 Å². The van der Waals surface area contributed by atoms with Crippen molar-refractivity contribution in [3.8, 4) is 22.3 Å². The van der Waals surface area contributed by atoms with E-state index >= 15 is 0 Å². The van der Waals surface area contributed by atoms with Gasteiger partial charge < -0.3 is 4.90 Å². The summed E-state index contributed by atoms with van der Waals surface area (Å²) in [6, 6.07) is 31.3. The summed E-state index contributed by atoms with van der Waals surface area (Å²) in [5, 5.41) is 0. The molecule has 0 saturated carbocycles. The number of thioether (sulfide) groups is 1. The Kier molecular flexibility index (Phi) is 3.96. The van der Waals surface area contributed by atoms with Crippen LogP contribution in [0.4, 0.5) is 11.5 Å². The molecule has 0 radical (unpaired) electrons. The minimum atomic E-state index is -0.415. The molecule has 3 aliphatic carbocycles. The van der Waals surface area contributed by atoms with Crippen molar-refractivity contribution < 1.29 is 0 Å². The van der Waals surface area contributed by atoms with Gasteiger partial charge in [-0.2, -0.15) is 0 Å². The van der Waals surface area contributed by atoms with E-state index in [0.29, 0.717) is 5.92 Å². The lowest BCUT2D eigenvalue weighted by Crippen LogP contribution is -2.58. The lowest BCUT2D eigenvalue weighted by molar-refractivity contribution is 0.476. The number of para-hydroxylation sites is 2. The molecule has 11 rings (SSSR count). The van der Waals surface area contributed by atoms with Crippen LogP contribution in [0.25, 0.3) is 44.4 Å². The first-order valence-electron chi connectivity index (χ1n) is 15.7. The summed E-state index contributed by atoms with van der Waals surface area (Å²) in [6.45, 7) is 9.82. The van der Waals surface area contributed by atoms with Crippen LogP contribution in [0, 0.1) is 5.92 Å². The Morgan fingerprint density at radius 3 is 2.14 bits per heavy atom. The fraction of sp³-hybridized carbons (Fsp3) is 0.200. The molecule has 4 heterocycles. The van der Waals surface area contributed by atoms with Crippen LogP contribution in [0.2, 0.25) is 0 Å². The van der Waals surface area contributed by atoms with Crippen LogP contribution in [-0.4, -0.2) is 20.3 Å². The van der Waals surface area contributed by atoms with Crippen molar-refractivity contribution in [1.29, 1.82) is 0 Å². The molecule has 210 valence electrons. The van der Waals surface area contributed by atoms with E-state index in [1.165, 1.54) is 60.7 Å². The van der Waals surface area contributed by atoms with Gasteiger partial charge in [0.2, 0.25) is 0 Å². The Morgan fingerprint density at radius 2 is 1.36 bits per heavy atom. The van der Waals surface area contributed by atoms with Gasteiger partial charge in [0.1, 0.15) is 0 Å². The summed E-state index contributed by atoms with van der Waals surface area (Å²) < 4.78 is -0.206. The minimum absolute atomic E-state index is 0.206. The number of hydrogen-bond donors (Lipinski definition) is 0. The van der Waals surface area contributed by atoms with Gasteiger partial charge in [-0.15, -0.1) is 11.8 Å². The van der Waals surface area contributed by atoms with Crippen LogP contribution in [0.5, 0.6) is 0 Å². The average molecular weight is 584 g/mol. The van der Waals surface area contributed by atoms with Gasteiger partial charge in [0.05, 0.1) is 38.1 Å². The molecule has 4 atom stereocenters. The predicted molar refractivity (Wildman–Crippen MR) is 181 cm³/mol. The number of nitrogens with zero attached hydrogens (tertiary/aromatic N) is 3. The van der Waals surface area contributed by atoms with Crippen LogP contribution in [-0.2, 0) is 5.41 Å². The monoisotopic (exact) mass is 583 g/mol. The number of hydrogen-bond acceptors (Lipinski definition) is 4. The standard InChI is InChI=1S/C40H29N3S/c1-21-19-20-38(2)35-32(21)40(4)34-31-25(14-10-18-29(31)44-40)23-12-6-5-11-22(23)24-13-9-17-28-30(24)33(34)39(35,3)43(28)37-36(38)41-26-15-7-8-16-27(26)42-37/h5-21H,1-4H3. The van der Waals surface area contributed by atoms with Crippen LogP contribution in [0.1, 0.15) is 44.5 Å². The molecule has 0 bridgehead atoms. The SMILES string of the molecule is CC1C=CC2(C)C3=C1C1(C)Sc4cccc5c4C1=C1c4c(cccc4N(c4nc6ccccc6nc42)C13C)-c1ccccc1-5. The van der Waals surface area contributed by atoms with Crippen molar-refractivity contribution in [2.75, 3.05) is 4.90 Å². The number of anilines is 2. The van der Waals surface area contributed by atoms with Crippen LogP contribution < -0.4 is 4.90 Å². The zero-order valence-corrected chi connectivity index (χ0v) is 25.9. The molecule has 4 unspecified atom stereocenters. The van der Waals surface area contributed by atoms with Gasteiger partial charge in [-0.1, -0.05) is 79.7 Å². The second-order valence-electron chi connectivity index (χ2n) is 13.7. The van der Waals surface area contributed by atoms with E-state index in [1.54, 1.807) is 5.57 Å². The number of rotatable bonds is 0. The third-order valence-corrected chi connectivity index (χ3v) is 12.9. The van der Waals surface area contributed by atoms with Gasteiger partial charge in [0.25, 0.3) is 0 Å². The molecule has 0 N–H and O–H groups in total. The maximum absolute atomic E-state index is 5.48. The first-order valence-corrected chi connectivity index (χ1v) is 16.5. The van der Waals surface area contributed by atoms with Crippen molar-refractivity contribution >= 4 is 45.4 Å². The summed E-state index contributed by atoms with van der Waals surface area (Å²) >= 11 is 2.07. The topological polar surface area (TPSA) is 29.0 Å². The molecule has 3 aliphatic heterocycles. The number of benzene rings is 4. The summed E-state index contributed by atoms with van der Waals surface area (Å²) in [5.41, 5.74) is 17.5. The minimum Gasteiger partial charge on any atom is -0.310 e. The van der Waals surface area contributed by atoms with Gasteiger partial charge in [0.15, 0.2) is 5.82 Å². The van der Waals surface area contributed by atoms with E-state index in [9.17, 15) is 0 Å². The second kappa shape index (κ2) is 7.27. The van der Waals surface area contributed by atoms with Gasteiger partial charge >= 0.3 is 0 Å². The number of aromatic nitrogens is 2. The molecule has 0 fully saturated rings. The molecule has 44 heavy (non-hydrogen) atoms. The molecule has 0 amide bonds. The fourth-order valence-corrected chi connectivity index (χ4v) is 11.6. The summed E-state index contributed by atoms with van der Waals surface area (Å²) in [6.07, 6.45) is 4.90. The summed E-state index contributed by atoms with van der Waals surface area (Å²) in [4.78, 5) is 14.9. The summed E-state index contributed by atoms with van der Waals surface area (Å²) in [7, 11) is 0. The highest BCUT2D eigenvalue weighted by Crippen LogP contribution is 2.75. The van der Waals surface area contributed by atoms with Gasteiger partial charge in [-0.25, -0.2) is 9.97 Å². The number of fused-ring (bicyclic) bond motifs is 9. The Balaban J connectivity index is 1.42. The van der Waals surface area contributed by atoms with Crippen molar-refractivity contribution in [3.63, 3.8) is 0 Å². The molecule has 4 aromatic carbocycles. The Hall–Kier alpha value is -4.41. The van der Waals surface area contributed by atoms with E-state index in [1.807, 2.05) is 0 Å². The maximum atomic E-state index is 5.48. The molecule has 0 saturated heterocycles. The van der Waals surface area contributed by atoms with E-state index in [2.05, 4.69) is 141 Å². The first kappa shape index (κ1) is 24.0. The largest absolute Gasteiger partial charge is 0.310 e. The number of allylic oxidation sites excluding steroid dienone is 2. The maximum Gasteiger partial charge on any atom is 0.157 e. The third kappa shape index (κ3) is 2.34. The average Bonchev–Trinajstić information content (AvgIpc) is 3.48. The van der Waals surface area contributed by atoms with Gasteiger partial charge in [-0.05, 0) is 95.5 Å². The summed E-state index contributed by atoms with van der Waals surface area (Å²) in [5.74, 6) is 1.29. The fourth-order valence-electron chi connectivity index (χ4n) is 10.0. The van der Waals surface area contributed by atoms with Gasteiger partial charge in [0, 0.05) is 16.0 Å². The van der Waals surface area contributed by atoms with E-state index in [-0.39, 0.29) is 10.2 Å². The molecule has 1 aromatic heterocycles. The highest BCUT2D eigenvalue weighted by atomic mass is 32.2. The van der Waals surface area contributed by atoms with Crippen molar-refractivity contribution in [3.05, 3.63) is 125 Å². The van der Waals surface area contributed by atoms with E-state index in [4.69, 9.17) is 9.97 Å². The first-order chi connectivity index (χ1) is 21.4. The predicted octanol–water partition coefficient (Wildman–Crippen LogP) is 9.75. The molecule has 0 spiro atoms. The highest BCUT2D eigenvalue weighted by Gasteiger charge is 2.67. The van der Waals surface area contributed by atoms with Crippen LogP contribution in [0.3, 0.4) is 0 Å². The zero-order valence-electron chi connectivity index (χ0n) is 25.1. The molecule has 4 heteroatoms. The second-order valence-corrected chi connectivity index (χ2v) is 15.2. The zero-order chi connectivity index (χ0) is 29.3. The Labute approximate surface area is 261 Å². The van der Waals surface area contributed by atoms with Crippen molar-refractivity contribution in [2.24, 2.45) is 5.92 Å². The van der Waals surface area contributed by atoms with Crippen LogP contribution >= 0.6 is 11.8 Å². The molecular formula is C40H29N3S.